The summed E-state index contributed by atoms with van der Waals surface area (Å²) in [5, 5.41) is 0. The second kappa shape index (κ2) is 3.06. The molecule has 5 fully saturated rings. The maximum atomic E-state index is 13.1. The average molecular weight is 286 g/mol. The van der Waals surface area contributed by atoms with E-state index in [-0.39, 0.29) is 59.6 Å². The van der Waals surface area contributed by atoms with Gasteiger partial charge in [-0.3, -0.25) is 19.2 Å². The highest BCUT2D eigenvalue weighted by atomic mass is 16.2. The van der Waals surface area contributed by atoms with Crippen LogP contribution in [-0.2, 0) is 19.2 Å². The van der Waals surface area contributed by atoms with Gasteiger partial charge in [0.2, 0.25) is 0 Å². The van der Waals surface area contributed by atoms with E-state index in [9.17, 15) is 19.2 Å². The van der Waals surface area contributed by atoms with Crippen molar-refractivity contribution in [1.82, 2.24) is 0 Å². The Morgan fingerprint density at radius 1 is 0.905 bits per heavy atom. The third-order valence-electron chi connectivity index (χ3n) is 7.64. The molecule has 0 aromatic rings. The van der Waals surface area contributed by atoms with Crippen LogP contribution in [0.2, 0.25) is 0 Å². The molecule has 4 heteroatoms. The molecule has 21 heavy (non-hydrogen) atoms. The van der Waals surface area contributed by atoms with E-state index < -0.39 is 10.8 Å². The monoisotopic (exact) mass is 286 g/mol. The van der Waals surface area contributed by atoms with Gasteiger partial charge < -0.3 is 0 Å². The van der Waals surface area contributed by atoms with Crippen molar-refractivity contribution in [2.75, 3.05) is 0 Å². The van der Waals surface area contributed by atoms with E-state index in [0.29, 0.717) is 11.8 Å². The molecular weight excluding hydrogens is 268 g/mol. The number of rotatable bonds is 4. The van der Waals surface area contributed by atoms with Gasteiger partial charge in [-0.2, -0.15) is 0 Å². The van der Waals surface area contributed by atoms with Crippen molar-refractivity contribution >= 4 is 23.1 Å². The summed E-state index contributed by atoms with van der Waals surface area (Å²) >= 11 is 0. The van der Waals surface area contributed by atoms with Crippen LogP contribution >= 0.6 is 0 Å². The van der Waals surface area contributed by atoms with Crippen LogP contribution in [0.25, 0.3) is 0 Å². The van der Waals surface area contributed by atoms with Crippen LogP contribution in [0.15, 0.2) is 0 Å². The second-order valence-electron chi connectivity index (χ2n) is 8.10. The number of ketones is 4. The molecule has 110 valence electrons. The second-order valence-corrected chi connectivity index (χ2v) is 8.10. The fraction of sp³-hybridized carbons (Fsp3) is 0.765. The van der Waals surface area contributed by atoms with Gasteiger partial charge in [0.25, 0.3) is 0 Å². The molecule has 5 aliphatic carbocycles. The molecule has 5 aliphatic rings. The normalized spacial score (nSPS) is 57.2. The summed E-state index contributed by atoms with van der Waals surface area (Å²) in [5.74, 6) is 1.11. The summed E-state index contributed by atoms with van der Waals surface area (Å²) in [4.78, 5) is 49.8. The first-order valence-electron chi connectivity index (χ1n) is 7.95. The molecule has 0 amide bonds. The molecule has 0 radical (unpaired) electrons. The van der Waals surface area contributed by atoms with Gasteiger partial charge in [-0.1, -0.05) is 0 Å². The van der Waals surface area contributed by atoms with Gasteiger partial charge in [0.15, 0.2) is 0 Å². The Balaban J connectivity index is 1.77. The summed E-state index contributed by atoms with van der Waals surface area (Å²) in [6, 6.07) is 0. The van der Waals surface area contributed by atoms with Crippen LogP contribution in [0, 0.1) is 46.3 Å². The third-order valence-corrected chi connectivity index (χ3v) is 7.64. The Hall–Kier alpha value is -1.32. The first-order chi connectivity index (χ1) is 9.88. The van der Waals surface area contributed by atoms with Crippen molar-refractivity contribution < 1.29 is 19.2 Å². The third kappa shape index (κ3) is 0.861. The lowest BCUT2D eigenvalue weighted by molar-refractivity contribution is -0.195. The lowest BCUT2D eigenvalue weighted by Gasteiger charge is -2.62. The highest BCUT2D eigenvalue weighted by Crippen LogP contribution is 2.91. The van der Waals surface area contributed by atoms with Crippen molar-refractivity contribution in [2.45, 2.75) is 33.1 Å². The molecule has 5 rings (SSSR count). The maximum Gasteiger partial charge on any atom is 0.144 e. The largest absolute Gasteiger partial charge is 0.300 e. The molecule has 0 heterocycles. The van der Waals surface area contributed by atoms with E-state index in [1.807, 2.05) is 0 Å². The van der Waals surface area contributed by atoms with Crippen molar-refractivity contribution in [3.63, 3.8) is 0 Å². The first-order valence-corrected chi connectivity index (χ1v) is 7.95. The molecule has 0 N–H and O–H groups in total. The van der Waals surface area contributed by atoms with Gasteiger partial charge in [-0.05, 0) is 43.9 Å². The zero-order chi connectivity index (χ0) is 14.9. The van der Waals surface area contributed by atoms with Crippen molar-refractivity contribution in [3.8, 4) is 0 Å². The highest BCUT2D eigenvalue weighted by Gasteiger charge is 2.95. The lowest BCUT2D eigenvalue weighted by Crippen LogP contribution is -2.69. The standard InChI is InChI=1S/C17H18O4/c1-6(18)4-16-12-8-3-9-11(10(8)14(16)20)15(21)17(16,13(9)12)5-7(2)19/h8-13H,3-5H2,1-2H3. The SMILES string of the molecule is CC(=O)CC12C(=O)C3C4CC5C3C(=O)C1(CC(C)=O)C5C42. The molecule has 0 aromatic heterocycles. The summed E-state index contributed by atoms with van der Waals surface area (Å²) in [6.45, 7) is 3.01. The first kappa shape index (κ1) is 12.2. The summed E-state index contributed by atoms with van der Waals surface area (Å²) in [7, 11) is 0. The number of fused-ring (bicyclic) bond motifs is 2. The van der Waals surface area contributed by atoms with Gasteiger partial charge in [0.1, 0.15) is 23.1 Å². The summed E-state index contributed by atoms with van der Waals surface area (Å²) < 4.78 is 0. The molecule has 8 unspecified atom stereocenters. The van der Waals surface area contributed by atoms with Gasteiger partial charge in [0.05, 0.1) is 10.8 Å². The van der Waals surface area contributed by atoms with E-state index in [1.165, 1.54) is 13.8 Å². The topological polar surface area (TPSA) is 68.3 Å². The zero-order valence-electron chi connectivity index (χ0n) is 12.2. The Labute approximate surface area is 122 Å². The predicted octanol–water partition coefficient (Wildman–Crippen LogP) is 1.21. The lowest BCUT2D eigenvalue weighted by atomic mass is 9.37. The number of hydrogen-bond donors (Lipinski definition) is 0. The molecule has 8 atom stereocenters. The Kier molecular flexibility index (Phi) is 1.78. The fourth-order valence-electron chi connectivity index (χ4n) is 7.84. The molecule has 0 spiro atoms. The van der Waals surface area contributed by atoms with Crippen LogP contribution < -0.4 is 0 Å². The van der Waals surface area contributed by atoms with Gasteiger partial charge in [-0.25, -0.2) is 0 Å². The molecular formula is C17H18O4. The molecule has 0 aromatic carbocycles. The minimum absolute atomic E-state index is 0.0225. The Morgan fingerprint density at radius 2 is 1.29 bits per heavy atom. The number of hydrogen-bond acceptors (Lipinski definition) is 4. The zero-order valence-corrected chi connectivity index (χ0v) is 12.2. The van der Waals surface area contributed by atoms with Gasteiger partial charge in [-0.15, -0.1) is 0 Å². The van der Waals surface area contributed by atoms with E-state index >= 15 is 0 Å². The number of carbonyl (C=O) groups is 4. The predicted molar refractivity (Wildman–Crippen MR) is 71.0 cm³/mol. The van der Waals surface area contributed by atoms with Crippen molar-refractivity contribution in [1.29, 1.82) is 0 Å². The van der Waals surface area contributed by atoms with E-state index in [4.69, 9.17) is 0 Å². The van der Waals surface area contributed by atoms with E-state index in [1.54, 1.807) is 0 Å². The molecule has 4 nitrogen and oxygen atoms in total. The summed E-state index contributed by atoms with van der Waals surface area (Å²) in [5.41, 5.74) is -1.60. The number of Topliss-reactive ketones (excluding diaryl/α,β-unsaturated/α-hetero) is 4. The van der Waals surface area contributed by atoms with Crippen LogP contribution in [0.3, 0.4) is 0 Å². The van der Waals surface area contributed by atoms with Gasteiger partial charge in [0, 0.05) is 24.7 Å². The van der Waals surface area contributed by atoms with E-state index in [0.717, 1.165) is 6.42 Å². The quantitative estimate of drug-likeness (QED) is 0.779. The molecule has 5 saturated carbocycles. The average Bonchev–Trinajstić information content (AvgIpc) is 2.95. The van der Waals surface area contributed by atoms with Crippen LogP contribution in [0.5, 0.6) is 0 Å². The van der Waals surface area contributed by atoms with Crippen molar-refractivity contribution in [3.05, 3.63) is 0 Å². The Bertz CT molecular complexity index is 608. The van der Waals surface area contributed by atoms with Crippen molar-refractivity contribution in [2.24, 2.45) is 46.3 Å². The molecule has 0 aliphatic heterocycles. The molecule has 0 saturated heterocycles. The maximum absolute atomic E-state index is 13.1. The summed E-state index contributed by atoms with van der Waals surface area (Å²) in [6.07, 6.45) is 1.33. The van der Waals surface area contributed by atoms with Crippen LogP contribution in [0.1, 0.15) is 33.1 Å². The number of carbonyl (C=O) groups excluding carboxylic acids is 4. The van der Waals surface area contributed by atoms with Crippen LogP contribution in [-0.4, -0.2) is 23.1 Å². The fourth-order valence-corrected chi connectivity index (χ4v) is 7.84. The van der Waals surface area contributed by atoms with Crippen LogP contribution in [0.4, 0.5) is 0 Å². The minimum Gasteiger partial charge on any atom is -0.300 e. The van der Waals surface area contributed by atoms with Gasteiger partial charge >= 0.3 is 0 Å². The highest BCUT2D eigenvalue weighted by molar-refractivity contribution is 6.14. The van der Waals surface area contributed by atoms with E-state index in [2.05, 4.69) is 0 Å². The Morgan fingerprint density at radius 3 is 1.62 bits per heavy atom. The molecule has 2 bridgehead atoms. The minimum atomic E-state index is -0.802. The smallest absolute Gasteiger partial charge is 0.144 e.